The number of imidazole rings is 1. The lowest BCUT2D eigenvalue weighted by atomic mass is 10.1. The van der Waals surface area contributed by atoms with Gasteiger partial charge in [0.2, 0.25) is 6.33 Å². The lowest BCUT2D eigenvalue weighted by molar-refractivity contribution is -0.692. The number of nitrogens with zero attached hydrogens (tertiary/aromatic N) is 2. The topological polar surface area (TPSA) is 8.81 Å². The Kier molecular flexibility index (Phi) is 2.86. The van der Waals surface area contributed by atoms with Gasteiger partial charge < -0.3 is 0 Å². The van der Waals surface area contributed by atoms with Gasteiger partial charge in [-0.05, 0) is 31.0 Å². The van der Waals surface area contributed by atoms with Gasteiger partial charge in [0, 0.05) is 0 Å². The Balaban J connectivity index is 2.28. The molecule has 2 nitrogen and oxygen atoms in total. The van der Waals surface area contributed by atoms with E-state index in [0.29, 0.717) is 0 Å². The minimum atomic E-state index is 1.01. The van der Waals surface area contributed by atoms with Crippen molar-refractivity contribution in [3.8, 4) is 5.69 Å². The Labute approximate surface area is 90.8 Å². The predicted molar refractivity (Wildman–Crippen MR) is 61.0 cm³/mol. The second kappa shape index (κ2) is 4.30. The Morgan fingerprint density at radius 3 is 2.40 bits per heavy atom. The van der Waals surface area contributed by atoms with Gasteiger partial charge in [-0.3, -0.25) is 0 Å². The zero-order valence-electron chi connectivity index (χ0n) is 9.35. The van der Waals surface area contributed by atoms with Crippen LogP contribution in [-0.4, -0.2) is 4.57 Å². The maximum absolute atomic E-state index is 2.19. The molecule has 0 bridgehead atoms. The van der Waals surface area contributed by atoms with Crippen molar-refractivity contribution < 1.29 is 4.57 Å². The molecule has 2 heteroatoms. The second-order valence-electron chi connectivity index (χ2n) is 3.67. The first kappa shape index (κ1) is 9.97. The van der Waals surface area contributed by atoms with Crippen molar-refractivity contribution in [1.29, 1.82) is 0 Å². The van der Waals surface area contributed by atoms with Crippen LogP contribution in [0.15, 0.2) is 43.0 Å². The summed E-state index contributed by atoms with van der Waals surface area (Å²) in [6.45, 7) is 5.33. The van der Waals surface area contributed by atoms with E-state index in [4.69, 9.17) is 0 Å². The fraction of sp³-hybridized carbons (Fsp3) is 0.308. The van der Waals surface area contributed by atoms with Crippen molar-refractivity contribution in [2.24, 2.45) is 0 Å². The zero-order chi connectivity index (χ0) is 10.7. The third-order valence-electron chi connectivity index (χ3n) is 2.70. The molecule has 0 saturated heterocycles. The second-order valence-corrected chi connectivity index (χ2v) is 3.67. The summed E-state index contributed by atoms with van der Waals surface area (Å²) < 4.78 is 4.30. The van der Waals surface area contributed by atoms with Crippen LogP contribution in [0.5, 0.6) is 0 Å². The van der Waals surface area contributed by atoms with E-state index in [1.54, 1.807) is 0 Å². The third kappa shape index (κ3) is 2.09. The van der Waals surface area contributed by atoms with Gasteiger partial charge in [-0.1, -0.05) is 19.1 Å². The minimum Gasteiger partial charge on any atom is -0.237 e. The molecule has 78 valence electrons. The summed E-state index contributed by atoms with van der Waals surface area (Å²) in [7, 11) is 0. The van der Waals surface area contributed by atoms with Crippen LogP contribution < -0.4 is 4.57 Å². The molecular formula is C13H17N2+. The predicted octanol–water partition coefficient (Wildman–Crippen LogP) is 2.35. The largest absolute Gasteiger partial charge is 0.248 e. The van der Waals surface area contributed by atoms with Crippen molar-refractivity contribution in [1.82, 2.24) is 4.57 Å². The maximum Gasteiger partial charge on any atom is 0.248 e. The van der Waals surface area contributed by atoms with Crippen LogP contribution in [0.2, 0.25) is 0 Å². The van der Waals surface area contributed by atoms with E-state index < -0.39 is 0 Å². The van der Waals surface area contributed by atoms with E-state index in [-0.39, 0.29) is 0 Å². The van der Waals surface area contributed by atoms with Crippen molar-refractivity contribution in [3.63, 3.8) is 0 Å². The molecule has 1 aromatic heterocycles. The molecule has 0 fully saturated rings. The van der Waals surface area contributed by atoms with Crippen molar-refractivity contribution in [2.75, 3.05) is 0 Å². The van der Waals surface area contributed by atoms with Gasteiger partial charge in [0.05, 0.1) is 6.54 Å². The first-order valence-electron chi connectivity index (χ1n) is 5.50. The van der Waals surface area contributed by atoms with E-state index in [1.807, 2.05) is 0 Å². The number of benzene rings is 1. The summed E-state index contributed by atoms with van der Waals surface area (Å²) in [6.07, 6.45) is 7.39. The van der Waals surface area contributed by atoms with Crippen LogP contribution in [0.3, 0.4) is 0 Å². The van der Waals surface area contributed by atoms with Gasteiger partial charge in [0.15, 0.2) is 0 Å². The molecule has 0 aliphatic rings. The first-order valence-corrected chi connectivity index (χ1v) is 5.50. The van der Waals surface area contributed by atoms with E-state index in [2.05, 4.69) is 66.0 Å². The van der Waals surface area contributed by atoms with Crippen LogP contribution in [0.4, 0.5) is 0 Å². The zero-order valence-corrected chi connectivity index (χ0v) is 9.35. The molecule has 0 amide bonds. The van der Waals surface area contributed by atoms with Gasteiger partial charge in [0.1, 0.15) is 18.1 Å². The number of rotatable bonds is 3. The average Bonchev–Trinajstić information content (AvgIpc) is 2.78. The van der Waals surface area contributed by atoms with Crippen LogP contribution >= 0.6 is 0 Å². The summed E-state index contributed by atoms with van der Waals surface area (Å²) in [6, 6.07) is 8.70. The standard InChI is InChI=1S/C13H17N2/c1-3-12-5-7-13(8-6-12)15-10-9-14(4-2)11-15/h5-11H,3-4H2,1-2H3/q+1. The molecule has 15 heavy (non-hydrogen) atoms. The van der Waals surface area contributed by atoms with Crippen LogP contribution in [-0.2, 0) is 13.0 Å². The molecule has 0 spiro atoms. The summed E-state index contributed by atoms with van der Waals surface area (Å²) in [5, 5.41) is 0. The number of hydrogen-bond donors (Lipinski definition) is 0. The van der Waals surface area contributed by atoms with Crippen LogP contribution in [0, 0.1) is 0 Å². The first-order chi connectivity index (χ1) is 7.33. The Morgan fingerprint density at radius 1 is 1.13 bits per heavy atom. The van der Waals surface area contributed by atoms with Crippen LogP contribution in [0.25, 0.3) is 5.69 Å². The number of hydrogen-bond acceptors (Lipinski definition) is 0. The molecule has 0 aliphatic carbocycles. The molecule has 1 heterocycles. The Bertz CT molecular complexity index is 426. The van der Waals surface area contributed by atoms with Gasteiger partial charge in [-0.2, -0.15) is 0 Å². The van der Waals surface area contributed by atoms with Crippen molar-refractivity contribution >= 4 is 0 Å². The summed E-state index contributed by atoms with van der Waals surface area (Å²) in [5.74, 6) is 0. The van der Waals surface area contributed by atoms with Gasteiger partial charge in [0.25, 0.3) is 0 Å². The molecule has 0 aliphatic heterocycles. The monoisotopic (exact) mass is 201 g/mol. The lowest BCUT2D eigenvalue weighted by Crippen LogP contribution is -2.28. The Morgan fingerprint density at radius 2 is 1.87 bits per heavy atom. The molecule has 2 aromatic rings. The maximum atomic E-state index is 2.19. The highest BCUT2D eigenvalue weighted by Crippen LogP contribution is 2.08. The summed E-state index contributed by atoms with van der Waals surface area (Å²) in [5.41, 5.74) is 2.61. The summed E-state index contributed by atoms with van der Waals surface area (Å²) >= 11 is 0. The third-order valence-corrected chi connectivity index (χ3v) is 2.70. The fourth-order valence-corrected chi connectivity index (χ4v) is 1.64. The highest BCUT2D eigenvalue weighted by Gasteiger charge is 2.04. The average molecular weight is 201 g/mol. The van der Waals surface area contributed by atoms with Crippen molar-refractivity contribution in [3.05, 3.63) is 48.5 Å². The fourth-order valence-electron chi connectivity index (χ4n) is 1.64. The molecular weight excluding hydrogens is 184 g/mol. The van der Waals surface area contributed by atoms with E-state index in [0.717, 1.165) is 13.0 Å². The SMILES string of the molecule is CCc1ccc(-n2cc[n+](CC)c2)cc1. The van der Waals surface area contributed by atoms with Crippen molar-refractivity contribution in [2.45, 2.75) is 26.8 Å². The Hall–Kier alpha value is -1.57. The molecule has 0 radical (unpaired) electrons. The molecule has 1 aromatic carbocycles. The number of aryl methyl sites for hydroxylation is 2. The van der Waals surface area contributed by atoms with Gasteiger partial charge >= 0.3 is 0 Å². The molecule has 2 rings (SSSR count). The molecule has 0 atom stereocenters. The van der Waals surface area contributed by atoms with Gasteiger partial charge in [-0.25, -0.2) is 9.13 Å². The quantitative estimate of drug-likeness (QED) is 0.674. The van der Waals surface area contributed by atoms with Gasteiger partial charge in [-0.15, -0.1) is 0 Å². The lowest BCUT2D eigenvalue weighted by Gasteiger charge is -1.97. The normalized spacial score (nSPS) is 10.5. The molecule has 0 saturated carbocycles. The number of aromatic nitrogens is 2. The summed E-state index contributed by atoms with van der Waals surface area (Å²) in [4.78, 5) is 0. The molecule has 0 unspecified atom stereocenters. The minimum absolute atomic E-state index is 1.01. The van der Waals surface area contributed by atoms with E-state index in [1.165, 1.54) is 11.3 Å². The highest BCUT2D eigenvalue weighted by molar-refractivity contribution is 5.34. The van der Waals surface area contributed by atoms with E-state index >= 15 is 0 Å². The molecule has 0 N–H and O–H groups in total. The van der Waals surface area contributed by atoms with E-state index in [9.17, 15) is 0 Å². The van der Waals surface area contributed by atoms with Crippen LogP contribution in [0.1, 0.15) is 19.4 Å². The highest BCUT2D eigenvalue weighted by atomic mass is 15.1. The smallest absolute Gasteiger partial charge is 0.237 e.